The standard InChI is InChI=1S/C19H19N7O2S/c1-2-22-18-15(10-20)13-23-19(26-18)25-16-5-7-17(8-6-16)29(27,28)24-12-14-4-3-9-21-11-14/h3-9,11,13,24H,2,12H2,1H3,(H2,22,23,25,26). The molecule has 2 aromatic heterocycles. The van der Waals surface area contributed by atoms with Crippen molar-refractivity contribution < 1.29 is 8.42 Å². The van der Waals surface area contributed by atoms with Gasteiger partial charge in [-0.25, -0.2) is 18.1 Å². The molecular weight excluding hydrogens is 390 g/mol. The van der Waals surface area contributed by atoms with Crippen LogP contribution in [0.15, 0.2) is 59.9 Å². The highest BCUT2D eigenvalue weighted by Crippen LogP contribution is 2.19. The molecule has 1 aromatic carbocycles. The molecule has 10 heteroatoms. The molecule has 0 saturated heterocycles. The Bertz CT molecular complexity index is 1110. The van der Waals surface area contributed by atoms with E-state index in [9.17, 15) is 8.42 Å². The van der Waals surface area contributed by atoms with E-state index in [1.54, 1.807) is 36.7 Å². The van der Waals surface area contributed by atoms with Gasteiger partial charge in [-0.3, -0.25) is 4.98 Å². The summed E-state index contributed by atoms with van der Waals surface area (Å²) in [5.74, 6) is 0.733. The minimum atomic E-state index is -3.65. The average Bonchev–Trinajstić information content (AvgIpc) is 2.74. The number of rotatable bonds is 8. The summed E-state index contributed by atoms with van der Waals surface area (Å²) in [5.41, 5.74) is 1.73. The Kier molecular flexibility index (Phi) is 6.33. The number of hydrogen-bond acceptors (Lipinski definition) is 8. The Morgan fingerprint density at radius 1 is 1.14 bits per heavy atom. The normalized spacial score (nSPS) is 10.9. The molecule has 3 N–H and O–H groups in total. The van der Waals surface area contributed by atoms with E-state index in [2.05, 4.69) is 30.3 Å². The molecule has 0 amide bonds. The first-order valence-corrected chi connectivity index (χ1v) is 10.3. The van der Waals surface area contributed by atoms with Crippen LogP contribution in [0.25, 0.3) is 0 Å². The van der Waals surface area contributed by atoms with Crippen LogP contribution in [-0.4, -0.2) is 29.9 Å². The first kappa shape index (κ1) is 20.2. The molecule has 29 heavy (non-hydrogen) atoms. The molecule has 3 rings (SSSR count). The molecule has 0 unspecified atom stereocenters. The number of pyridine rings is 1. The van der Waals surface area contributed by atoms with Gasteiger partial charge in [-0.15, -0.1) is 0 Å². The zero-order valence-electron chi connectivity index (χ0n) is 15.6. The molecule has 148 valence electrons. The highest BCUT2D eigenvalue weighted by molar-refractivity contribution is 7.89. The number of sulfonamides is 1. The molecule has 0 bridgehead atoms. The van der Waals surface area contributed by atoms with E-state index >= 15 is 0 Å². The van der Waals surface area contributed by atoms with Gasteiger partial charge in [0.05, 0.1) is 11.1 Å². The van der Waals surface area contributed by atoms with Crippen LogP contribution in [0.4, 0.5) is 17.5 Å². The quantitative estimate of drug-likeness (QED) is 0.516. The van der Waals surface area contributed by atoms with E-state index in [1.165, 1.54) is 18.3 Å². The first-order valence-electron chi connectivity index (χ1n) is 8.78. The third-order valence-corrected chi connectivity index (χ3v) is 5.28. The first-order chi connectivity index (χ1) is 14.0. The maximum atomic E-state index is 12.4. The van der Waals surface area contributed by atoms with Crippen molar-refractivity contribution in [2.45, 2.75) is 18.4 Å². The second-order valence-electron chi connectivity index (χ2n) is 5.93. The Morgan fingerprint density at radius 2 is 1.93 bits per heavy atom. The molecule has 9 nitrogen and oxygen atoms in total. The highest BCUT2D eigenvalue weighted by Gasteiger charge is 2.14. The van der Waals surface area contributed by atoms with E-state index in [1.807, 2.05) is 13.0 Å². The lowest BCUT2D eigenvalue weighted by atomic mass is 10.3. The van der Waals surface area contributed by atoms with Crippen molar-refractivity contribution in [3.8, 4) is 6.07 Å². The van der Waals surface area contributed by atoms with Crippen LogP contribution in [0.2, 0.25) is 0 Å². The predicted octanol–water partition coefficient (Wildman–Crippen LogP) is 2.40. The molecule has 0 atom stereocenters. The zero-order valence-corrected chi connectivity index (χ0v) is 16.4. The van der Waals surface area contributed by atoms with Crippen molar-refractivity contribution in [1.29, 1.82) is 5.26 Å². The molecular formula is C19H19N7O2S. The number of nitriles is 1. The third kappa shape index (κ3) is 5.25. The van der Waals surface area contributed by atoms with Gasteiger partial charge >= 0.3 is 0 Å². The van der Waals surface area contributed by atoms with Gasteiger partial charge in [-0.2, -0.15) is 10.2 Å². The summed E-state index contributed by atoms with van der Waals surface area (Å²) < 4.78 is 27.4. The number of benzene rings is 1. The largest absolute Gasteiger partial charge is 0.369 e. The lowest BCUT2D eigenvalue weighted by Gasteiger charge is -2.10. The lowest BCUT2D eigenvalue weighted by Crippen LogP contribution is -2.23. The maximum absolute atomic E-state index is 12.4. The molecule has 2 heterocycles. The van der Waals surface area contributed by atoms with Gasteiger partial charge in [0.15, 0.2) is 0 Å². The summed E-state index contributed by atoms with van der Waals surface area (Å²) in [6.45, 7) is 2.67. The number of nitrogens with one attached hydrogen (secondary N) is 3. The van der Waals surface area contributed by atoms with Crippen molar-refractivity contribution in [2.24, 2.45) is 0 Å². The fraction of sp³-hybridized carbons (Fsp3) is 0.158. The molecule has 0 radical (unpaired) electrons. The minimum absolute atomic E-state index is 0.140. The highest BCUT2D eigenvalue weighted by atomic mass is 32.2. The Balaban J connectivity index is 1.70. The summed E-state index contributed by atoms with van der Waals surface area (Å²) in [6, 6.07) is 11.8. The van der Waals surface area contributed by atoms with Crippen LogP contribution in [0.3, 0.4) is 0 Å². The fourth-order valence-corrected chi connectivity index (χ4v) is 3.45. The molecule has 3 aromatic rings. The van der Waals surface area contributed by atoms with Crippen molar-refractivity contribution in [3.63, 3.8) is 0 Å². The molecule has 0 saturated carbocycles. The van der Waals surface area contributed by atoms with Crippen molar-refractivity contribution in [3.05, 3.63) is 66.1 Å². The van der Waals surface area contributed by atoms with Crippen molar-refractivity contribution in [2.75, 3.05) is 17.2 Å². The van der Waals surface area contributed by atoms with Gasteiger partial charge < -0.3 is 10.6 Å². The van der Waals surface area contributed by atoms with Gasteiger partial charge in [0.1, 0.15) is 17.5 Å². The number of anilines is 3. The second-order valence-corrected chi connectivity index (χ2v) is 7.70. The number of aromatic nitrogens is 3. The number of nitrogens with zero attached hydrogens (tertiary/aromatic N) is 4. The molecule has 0 aliphatic rings. The maximum Gasteiger partial charge on any atom is 0.240 e. The van der Waals surface area contributed by atoms with Crippen LogP contribution < -0.4 is 15.4 Å². The van der Waals surface area contributed by atoms with E-state index in [4.69, 9.17) is 5.26 Å². The van der Waals surface area contributed by atoms with E-state index in [0.29, 0.717) is 29.6 Å². The van der Waals surface area contributed by atoms with Crippen molar-refractivity contribution in [1.82, 2.24) is 19.7 Å². The van der Waals surface area contributed by atoms with Gasteiger partial charge in [-0.05, 0) is 42.8 Å². The third-order valence-electron chi connectivity index (χ3n) is 3.86. The summed E-state index contributed by atoms with van der Waals surface area (Å²) in [5, 5.41) is 15.1. The summed E-state index contributed by atoms with van der Waals surface area (Å²) in [7, 11) is -3.65. The second kappa shape index (κ2) is 9.09. The van der Waals surface area contributed by atoms with Crippen LogP contribution in [0.5, 0.6) is 0 Å². The lowest BCUT2D eigenvalue weighted by molar-refractivity contribution is 0.581. The molecule has 0 aliphatic carbocycles. The monoisotopic (exact) mass is 409 g/mol. The SMILES string of the molecule is CCNc1nc(Nc2ccc(S(=O)(=O)NCc3cccnc3)cc2)ncc1C#N. The fourth-order valence-electron chi connectivity index (χ4n) is 2.44. The predicted molar refractivity (Wildman–Crippen MR) is 109 cm³/mol. The van der Waals surface area contributed by atoms with Crippen LogP contribution in [-0.2, 0) is 16.6 Å². The minimum Gasteiger partial charge on any atom is -0.369 e. The Hall–Kier alpha value is -3.55. The van der Waals surface area contributed by atoms with Crippen LogP contribution in [0.1, 0.15) is 18.1 Å². The van der Waals surface area contributed by atoms with Gasteiger partial charge in [0, 0.05) is 31.2 Å². The van der Waals surface area contributed by atoms with Crippen molar-refractivity contribution >= 4 is 27.5 Å². The molecule has 0 spiro atoms. The van der Waals surface area contributed by atoms with Gasteiger partial charge in [0.2, 0.25) is 16.0 Å². The Labute approximate surface area is 168 Å². The van der Waals surface area contributed by atoms with E-state index < -0.39 is 10.0 Å². The number of hydrogen-bond donors (Lipinski definition) is 3. The molecule has 0 fully saturated rings. The van der Waals surface area contributed by atoms with E-state index in [0.717, 1.165) is 5.56 Å². The van der Waals surface area contributed by atoms with Gasteiger partial charge in [0.25, 0.3) is 0 Å². The molecule has 0 aliphatic heterocycles. The topological polar surface area (TPSA) is 133 Å². The zero-order chi connectivity index (χ0) is 20.7. The summed E-state index contributed by atoms with van der Waals surface area (Å²) in [6.07, 6.45) is 4.66. The Morgan fingerprint density at radius 3 is 2.59 bits per heavy atom. The van der Waals surface area contributed by atoms with Crippen LogP contribution in [0, 0.1) is 11.3 Å². The van der Waals surface area contributed by atoms with Crippen LogP contribution >= 0.6 is 0 Å². The smallest absolute Gasteiger partial charge is 0.240 e. The summed E-state index contributed by atoms with van der Waals surface area (Å²) >= 11 is 0. The summed E-state index contributed by atoms with van der Waals surface area (Å²) in [4.78, 5) is 12.5. The average molecular weight is 409 g/mol. The van der Waals surface area contributed by atoms with Gasteiger partial charge in [-0.1, -0.05) is 6.07 Å². The van der Waals surface area contributed by atoms with E-state index in [-0.39, 0.29) is 11.4 Å².